The molecule has 6 heteroatoms. The summed E-state index contributed by atoms with van der Waals surface area (Å²) in [5.74, 6) is 0.524. The van der Waals surface area contributed by atoms with E-state index in [2.05, 4.69) is 22.1 Å². The van der Waals surface area contributed by atoms with Crippen LogP contribution in [-0.2, 0) is 0 Å². The van der Waals surface area contributed by atoms with E-state index in [9.17, 15) is 0 Å². The molecule has 1 aliphatic rings. The number of ether oxygens (including phenoxy) is 1. The standard InChI is InChI=1S/C10H13Cl2N3O/c1-15-4-2-7(3-5-15)16-8-6-9(11)13-14-10(8)12/h6-7H,2-5H2,1H3. The van der Waals surface area contributed by atoms with E-state index in [1.54, 1.807) is 6.07 Å². The highest BCUT2D eigenvalue weighted by molar-refractivity contribution is 6.32. The minimum atomic E-state index is 0.189. The molecule has 1 aromatic heterocycles. The molecule has 2 rings (SSSR count). The van der Waals surface area contributed by atoms with Gasteiger partial charge in [-0.05, 0) is 19.9 Å². The molecular weight excluding hydrogens is 249 g/mol. The number of halogens is 2. The van der Waals surface area contributed by atoms with Crippen LogP contribution in [0.2, 0.25) is 10.3 Å². The summed E-state index contributed by atoms with van der Waals surface area (Å²) in [7, 11) is 2.11. The minimum Gasteiger partial charge on any atom is -0.487 e. The van der Waals surface area contributed by atoms with Crippen LogP contribution in [0.1, 0.15) is 12.8 Å². The van der Waals surface area contributed by atoms with E-state index in [1.807, 2.05) is 0 Å². The first-order chi connectivity index (χ1) is 7.65. The van der Waals surface area contributed by atoms with Gasteiger partial charge in [0, 0.05) is 19.2 Å². The topological polar surface area (TPSA) is 38.2 Å². The molecule has 88 valence electrons. The molecule has 0 amide bonds. The summed E-state index contributed by atoms with van der Waals surface area (Å²) in [4.78, 5) is 2.28. The van der Waals surface area contributed by atoms with E-state index >= 15 is 0 Å². The van der Waals surface area contributed by atoms with Crippen LogP contribution in [0.3, 0.4) is 0 Å². The predicted molar refractivity (Wildman–Crippen MR) is 63.2 cm³/mol. The molecule has 0 unspecified atom stereocenters. The summed E-state index contributed by atoms with van der Waals surface area (Å²) in [6, 6.07) is 1.61. The van der Waals surface area contributed by atoms with Crippen molar-refractivity contribution in [3.63, 3.8) is 0 Å². The SMILES string of the molecule is CN1CCC(Oc2cc(Cl)nnc2Cl)CC1. The van der Waals surface area contributed by atoms with Gasteiger partial charge in [-0.25, -0.2) is 0 Å². The summed E-state index contributed by atoms with van der Waals surface area (Å²) < 4.78 is 5.77. The molecule has 0 radical (unpaired) electrons. The molecule has 1 aromatic rings. The fraction of sp³-hybridized carbons (Fsp3) is 0.600. The van der Waals surface area contributed by atoms with Gasteiger partial charge in [-0.1, -0.05) is 23.2 Å². The summed E-state index contributed by atoms with van der Waals surface area (Å²) in [5.41, 5.74) is 0. The molecule has 0 aromatic carbocycles. The molecular formula is C10H13Cl2N3O. The lowest BCUT2D eigenvalue weighted by Crippen LogP contribution is -2.35. The van der Waals surface area contributed by atoms with Crippen molar-refractivity contribution in [1.29, 1.82) is 0 Å². The van der Waals surface area contributed by atoms with Gasteiger partial charge in [0.25, 0.3) is 0 Å². The Kier molecular flexibility index (Phi) is 3.84. The lowest BCUT2D eigenvalue weighted by atomic mass is 10.1. The Balaban J connectivity index is 2.00. The number of hydrogen-bond acceptors (Lipinski definition) is 4. The van der Waals surface area contributed by atoms with Gasteiger partial charge in [0.1, 0.15) is 6.10 Å². The van der Waals surface area contributed by atoms with Crippen LogP contribution >= 0.6 is 23.2 Å². The highest BCUT2D eigenvalue weighted by Crippen LogP contribution is 2.26. The minimum absolute atomic E-state index is 0.189. The molecule has 1 fully saturated rings. The molecule has 0 atom stereocenters. The van der Waals surface area contributed by atoms with E-state index in [-0.39, 0.29) is 11.3 Å². The number of piperidine rings is 1. The fourth-order valence-corrected chi connectivity index (χ4v) is 1.98. The predicted octanol–water partition coefficient (Wildman–Crippen LogP) is 2.26. The Morgan fingerprint density at radius 1 is 1.31 bits per heavy atom. The molecule has 0 aliphatic carbocycles. The zero-order chi connectivity index (χ0) is 11.5. The number of nitrogens with zero attached hydrogens (tertiary/aromatic N) is 3. The lowest BCUT2D eigenvalue weighted by Gasteiger charge is -2.29. The van der Waals surface area contributed by atoms with Gasteiger partial charge in [0.15, 0.2) is 16.1 Å². The fourth-order valence-electron chi connectivity index (χ4n) is 1.70. The van der Waals surface area contributed by atoms with Gasteiger partial charge in [-0.3, -0.25) is 0 Å². The van der Waals surface area contributed by atoms with Crippen molar-refractivity contribution in [1.82, 2.24) is 15.1 Å². The first kappa shape index (κ1) is 11.9. The van der Waals surface area contributed by atoms with Gasteiger partial charge in [0.2, 0.25) is 0 Å². The van der Waals surface area contributed by atoms with Crippen LogP contribution in [-0.4, -0.2) is 41.3 Å². The zero-order valence-electron chi connectivity index (χ0n) is 8.99. The maximum Gasteiger partial charge on any atom is 0.193 e. The third kappa shape index (κ3) is 2.97. The maximum absolute atomic E-state index is 5.88. The van der Waals surface area contributed by atoms with Crippen LogP contribution in [0.15, 0.2) is 6.07 Å². The van der Waals surface area contributed by atoms with Crippen LogP contribution in [0.4, 0.5) is 0 Å². The summed E-state index contributed by atoms with van der Waals surface area (Å²) >= 11 is 11.6. The van der Waals surface area contributed by atoms with Gasteiger partial charge in [-0.15, -0.1) is 10.2 Å². The molecule has 0 N–H and O–H groups in total. The van der Waals surface area contributed by atoms with E-state index in [0.29, 0.717) is 10.9 Å². The molecule has 2 heterocycles. The van der Waals surface area contributed by atoms with Crippen LogP contribution < -0.4 is 4.74 Å². The molecule has 4 nitrogen and oxygen atoms in total. The molecule has 0 saturated carbocycles. The number of rotatable bonds is 2. The van der Waals surface area contributed by atoms with Crippen molar-refractivity contribution in [3.8, 4) is 5.75 Å². The first-order valence-corrected chi connectivity index (χ1v) is 5.94. The summed E-state index contributed by atoms with van der Waals surface area (Å²) in [5, 5.41) is 7.91. The Morgan fingerprint density at radius 2 is 2.00 bits per heavy atom. The molecule has 1 saturated heterocycles. The Bertz CT molecular complexity index is 367. The van der Waals surface area contributed by atoms with E-state index in [4.69, 9.17) is 27.9 Å². The highest BCUT2D eigenvalue weighted by Gasteiger charge is 2.19. The molecule has 0 spiro atoms. The second-order valence-corrected chi connectivity index (χ2v) is 4.69. The van der Waals surface area contributed by atoms with E-state index < -0.39 is 0 Å². The Morgan fingerprint density at radius 3 is 2.69 bits per heavy atom. The van der Waals surface area contributed by atoms with Crippen molar-refractivity contribution in [2.45, 2.75) is 18.9 Å². The Hall–Kier alpha value is -0.580. The van der Waals surface area contributed by atoms with Gasteiger partial charge < -0.3 is 9.64 Å². The summed E-state index contributed by atoms with van der Waals surface area (Å²) in [6.45, 7) is 2.07. The number of likely N-dealkylation sites (tertiary alicyclic amines) is 1. The smallest absolute Gasteiger partial charge is 0.193 e. The number of hydrogen-bond donors (Lipinski definition) is 0. The van der Waals surface area contributed by atoms with Crippen molar-refractivity contribution in [2.24, 2.45) is 0 Å². The highest BCUT2D eigenvalue weighted by atomic mass is 35.5. The molecule has 1 aliphatic heterocycles. The normalized spacial score (nSPS) is 18.7. The van der Waals surface area contributed by atoms with Crippen molar-refractivity contribution in [2.75, 3.05) is 20.1 Å². The monoisotopic (exact) mass is 261 g/mol. The van der Waals surface area contributed by atoms with Crippen LogP contribution in [0.25, 0.3) is 0 Å². The number of aromatic nitrogens is 2. The largest absolute Gasteiger partial charge is 0.487 e. The van der Waals surface area contributed by atoms with E-state index in [1.165, 1.54) is 0 Å². The average Bonchev–Trinajstić information content (AvgIpc) is 2.27. The second kappa shape index (κ2) is 5.17. The third-order valence-electron chi connectivity index (χ3n) is 2.65. The average molecular weight is 262 g/mol. The van der Waals surface area contributed by atoms with Gasteiger partial charge >= 0.3 is 0 Å². The van der Waals surface area contributed by atoms with Crippen LogP contribution in [0.5, 0.6) is 5.75 Å². The van der Waals surface area contributed by atoms with E-state index in [0.717, 1.165) is 25.9 Å². The zero-order valence-corrected chi connectivity index (χ0v) is 10.5. The summed E-state index contributed by atoms with van der Waals surface area (Å²) in [6.07, 6.45) is 2.17. The van der Waals surface area contributed by atoms with Crippen LogP contribution in [0, 0.1) is 0 Å². The molecule has 0 bridgehead atoms. The maximum atomic E-state index is 5.88. The van der Waals surface area contributed by atoms with Gasteiger partial charge in [-0.2, -0.15) is 0 Å². The quantitative estimate of drug-likeness (QED) is 0.819. The van der Waals surface area contributed by atoms with Crippen molar-refractivity contribution in [3.05, 3.63) is 16.4 Å². The molecule has 16 heavy (non-hydrogen) atoms. The lowest BCUT2D eigenvalue weighted by molar-refractivity contribution is 0.114. The Labute approximate surface area is 105 Å². The van der Waals surface area contributed by atoms with Gasteiger partial charge in [0.05, 0.1) is 0 Å². The third-order valence-corrected chi connectivity index (χ3v) is 3.09. The van der Waals surface area contributed by atoms with Crippen molar-refractivity contribution < 1.29 is 4.74 Å². The second-order valence-electron chi connectivity index (χ2n) is 3.94. The first-order valence-electron chi connectivity index (χ1n) is 5.19. The van der Waals surface area contributed by atoms with Crippen molar-refractivity contribution >= 4 is 23.2 Å².